The molecule has 0 saturated heterocycles. The molecule has 0 aromatic rings. The highest BCUT2D eigenvalue weighted by Gasteiger charge is 2.63. The Hall–Kier alpha value is -0.260. The lowest BCUT2D eigenvalue weighted by Crippen LogP contribution is -2.44. The zero-order valence-electron chi connectivity index (χ0n) is 10.7. The van der Waals surface area contributed by atoms with E-state index < -0.39 is 0 Å². The minimum absolute atomic E-state index is 0.581. The van der Waals surface area contributed by atoms with Gasteiger partial charge in [-0.2, -0.15) is 0 Å². The van der Waals surface area contributed by atoms with Gasteiger partial charge in [0.25, 0.3) is 0 Å². The van der Waals surface area contributed by atoms with Gasteiger partial charge in [-0.3, -0.25) is 0 Å². The second kappa shape index (κ2) is 2.70. The van der Waals surface area contributed by atoms with Gasteiger partial charge in [-0.1, -0.05) is 31.9 Å². The van der Waals surface area contributed by atoms with E-state index >= 15 is 0 Å². The summed E-state index contributed by atoms with van der Waals surface area (Å²) in [5, 5.41) is 0. The fourth-order valence-electron chi connectivity index (χ4n) is 5.34. The van der Waals surface area contributed by atoms with Crippen LogP contribution in [0.15, 0.2) is 11.1 Å². The molecule has 1 spiro atoms. The summed E-state index contributed by atoms with van der Waals surface area (Å²) >= 11 is 0. The average Bonchev–Trinajstić information content (AvgIpc) is 2.53. The van der Waals surface area contributed by atoms with E-state index in [4.69, 9.17) is 0 Å². The number of fused-ring (bicyclic) bond motifs is 1. The third-order valence-electron chi connectivity index (χ3n) is 6.36. The van der Waals surface area contributed by atoms with Crippen molar-refractivity contribution in [3.63, 3.8) is 0 Å². The van der Waals surface area contributed by atoms with Crippen molar-refractivity contribution in [1.82, 2.24) is 0 Å². The van der Waals surface area contributed by atoms with E-state index in [0.717, 1.165) is 11.8 Å². The van der Waals surface area contributed by atoms with Gasteiger partial charge in [-0.15, -0.1) is 0 Å². The van der Waals surface area contributed by atoms with Crippen molar-refractivity contribution in [1.29, 1.82) is 0 Å². The molecule has 3 rings (SSSR count). The summed E-state index contributed by atoms with van der Waals surface area (Å²) in [5.74, 6) is 1.91. The largest absolute Gasteiger partial charge is 0.0735 e. The lowest BCUT2D eigenvalue weighted by Gasteiger charge is -2.51. The Balaban J connectivity index is 2.20. The second-order valence-electron chi connectivity index (χ2n) is 6.83. The molecule has 0 aliphatic heterocycles. The number of rotatable bonds is 0. The number of hydrogen-bond acceptors (Lipinski definition) is 0. The predicted octanol–water partition coefficient (Wildman–Crippen LogP) is 4.56. The molecule has 0 aromatic heterocycles. The Morgan fingerprint density at radius 3 is 2.67 bits per heavy atom. The Kier molecular flexibility index (Phi) is 1.79. The Morgan fingerprint density at radius 1 is 1.20 bits per heavy atom. The highest BCUT2D eigenvalue weighted by molar-refractivity contribution is 5.37. The summed E-state index contributed by atoms with van der Waals surface area (Å²) in [7, 11) is 0. The van der Waals surface area contributed by atoms with E-state index in [9.17, 15) is 0 Å². The molecule has 0 heteroatoms. The Labute approximate surface area is 94.1 Å². The van der Waals surface area contributed by atoms with Crippen molar-refractivity contribution in [3.05, 3.63) is 11.1 Å². The SMILES string of the molecule is CC1=C2C[C@H]3CC[C@H](C)[C@]2(CC1)C3(C)C. The molecular weight excluding hydrogens is 180 g/mol. The molecule has 3 atom stereocenters. The maximum absolute atomic E-state index is 2.55. The first-order valence-electron chi connectivity index (χ1n) is 6.69. The van der Waals surface area contributed by atoms with E-state index in [1.807, 2.05) is 5.57 Å². The molecule has 15 heavy (non-hydrogen) atoms. The van der Waals surface area contributed by atoms with E-state index in [0.29, 0.717) is 10.8 Å². The first-order valence-corrected chi connectivity index (χ1v) is 6.69. The standard InChI is InChI=1S/C15H24/c1-10-7-8-15-11(2)5-6-12(9-13(10)15)14(15,3)4/h11-12H,5-9H2,1-4H3/t11-,12+,15-/m0/s1. The molecule has 0 amide bonds. The van der Waals surface area contributed by atoms with Gasteiger partial charge in [-0.05, 0) is 61.7 Å². The third-order valence-corrected chi connectivity index (χ3v) is 6.36. The van der Waals surface area contributed by atoms with Crippen LogP contribution in [0.25, 0.3) is 0 Å². The van der Waals surface area contributed by atoms with E-state index in [1.165, 1.54) is 32.1 Å². The van der Waals surface area contributed by atoms with Crippen LogP contribution in [0.2, 0.25) is 0 Å². The fraction of sp³-hybridized carbons (Fsp3) is 0.867. The smallest absolute Gasteiger partial charge is 0.000292 e. The molecule has 2 bridgehead atoms. The zero-order valence-corrected chi connectivity index (χ0v) is 10.7. The maximum Gasteiger partial charge on any atom is -0.000292 e. The minimum atomic E-state index is 0.581. The summed E-state index contributed by atoms with van der Waals surface area (Å²) in [4.78, 5) is 0. The van der Waals surface area contributed by atoms with E-state index in [1.54, 1.807) is 5.57 Å². The van der Waals surface area contributed by atoms with Crippen molar-refractivity contribution >= 4 is 0 Å². The number of allylic oxidation sites excluding steroid dienone is 2. The summed E-state index contributed by atoms with van der Waals surface area (Å²) in [6, 6.07) is 0. The van der Waals surface area contributed by atoms with Crippen molar-refractivity contribution in [2.24, 2.45) is 22.7 Å². The molecule has 0 radical (unpaired) electrons. The van der Waals surface area contributed by atoms with Crippen molar-refractivity contribution < 1.29 is 0 Å². The first kappa shape index (κ1) is 9.93. The maximum atomic E-state index is 2.55. The fourth-order valence-corrected chi connectivity index (χ4v) is 5.34. The van der Waals surface area contributed by atoms with Gasteiger partial charge in [0, 0.05) is 0 Å². The highest BCUT2D eigenvalue weighted by atomic mass is 14.7. The quantitative estimate of drug-likeness (QED) is 0.507. The van der Waals surface area contributed by atoms with Crippen LogP contribution in [0.3, 0.4) is 0 Å². The summed E-state index contributed by atoms with van der Waals surface area (Å²) in [6.07, 6.45) is 7.23. The molecule has 3 aliphatic rings. The molecule has 84 valence electrons. The van der Waals surface area contributed by atoms with Gasteiger partial charge in [0.1, 0.15) is 0 Å². The van der Waals surface area contributed by atoms with Gasteiger partial charge < -0.3 is 0 Å². The Morgan fingerprint density at radius 2 is 1.93 bits per heavy atom. The van der Waals surface area contributed by atoms with Crippen LogP contribution in [-0.2, 0) is 0 Å². The van der Waals surface area contributed by atoms with Gasteiger partial charge in [0.2, 0.25) is 0 Å². The van der Waals surface area contributed by atoms with E-state index in [2.05, 4.69) is 27.7 Å². The average molecular weight is 204 g/mol. The van der Waals surface area contributed by atoms with Gasteiger partial charge in [0.05, 0.1) is 0 Å². The van der Waals surface area contributed by atoms with Crippen LogP contribution in [0.4, 0.5) is 0 Å². The van der Waals surface area contributed by atoms with Gasteiger partial charge in [-0.25, -0.2) is 0 Å². The normalized spacial score (nSPS) is 47.2. The van der Waals surface area contributed by atoms with Crippen LogP contribution < -0.4 is 0 Å². The molecular formula is C15H24. The lowest BCUT2D eigenvalue weighted by molar-refractivity contribution is -0.00753. The number of hydrogen-bond donors (Lipinski definition) is 0. The van der Waals surface area contributed by atoms with Crippen LogP contribution in [0.5, 0.6) is 0 Å². The minimum Gasteiger partial charge on any atom is -0.0735 e. The molecule has 0 heterocycles. The van der Waals surface area contributed by atoms with Crippen LogP contribution in [0, 0.1) is 22.7 Å². The van der Waals surface area contributed by atoms with Crippen molar-refractivity contribution in [2.45, 2.75) is 59.8 Å². The molecule has 0 unspecified atom stereocenters. The zero-order chi connectivity index (χ0) is 10.8. The van der Waals surface area contributed by atoms with Crippen LogP contribution in [0.1, 0.15) is 59.8 Å². The topological polar surface area (TPSA) is 0 Å². The molecule has 3 aliphatic carbocycles. The molecule has 2 fully saturated rings. The molecule has 0 aromatic carbocycles. The summed E-state index contributed by atoms with van der Waals surface area (Å²) in [6.45, 7) is 10.0. The Bertz CT molecular complexity index is 334. The lowest BCUT2D eigenvalue weighted by atomic mass is 9.53. The van der Waals surface area contributed by atoms with Crippen LogP contribution in [-0.4, -0.2) is 0 Å². The van der Waals surface area contributed by atoms with Crippen molar-refractivity contribution in [2.75, 3.05) is 0 Å². The highest BCUT2D eigenvalue weighted by Crippen LogP contribution is 2.72. The molecule has 0 nitrogen and oxygen atoms in total. The summed E-state index contributed by atoms with van der Waals surface area (Å²) < 4.78 is 0. The van der Waals surface area contributed by atoms with Gasteiger partial charge in [0.15, 0.2) is 0 Å². The second-order valence-corrected chi connectivity index (χ2v) is 6.83. The third kappa shape index (κ3) is 0.905. The molecule has 2 saturated carbocycles. The van der Waals surface area contributed by atoms with Gasteiger partial charge >= 0.3 is 0 Å². The summed E-state index contributed by atoms with van der Waals surface area (Å²) in [5.41, 5.74) is 4.83. The monoisotopic (exact) mass is 204 g/mol. The predicted molar refractivity (Wildman–Crippen MR) is 64.7 cm³/mol. The van der Waals surface area contributed by atoms with E-state index in [-0.39, 0.29) is 0 Å². The van der Waals surface area contributed by atoms with Crippen LogP contribution >= 0.6 is 0 Å². The van der Waals surface area contributed by atoms with Crippen molar-refractivity contribution in [3.8, 4) is 0 Å². The molecule has 0 N–H and O–H groups in total. The first-order chi connectivity index (χ1) is 7.00.